The predicted octanol–water partition coefficient (Wildman–Crippen LogP) is 1.99. The second-order valence-electron chi connectivity index (χ2n) is 4.61. The summed E-state index contributed by atoms with van der Waals surface area (Å²) < 4.78 is 5.11. The molecule has 0 aliphatic heterocycles. The molecule has 0 aromatic heterocycles. The lowest BCUT2D eigenvalue weighted by molar-refractivity contribution is -0.0300. The monoisotopic (exact) mass is 269 g/mol. The van der Waals surface area contributed by atoms with Crippen LogP contribution in [0.5, 0.6) is 5.75 Å². The second-order valence-corrected chi connectivity index (χ2v) is 5.04. The Hall–Kier alpha value is -1.26. The Morgan fingerprint density at radius 1 is 1.56 bits per heavy atom. The van der Waals surface area contributed by atoms with Gasteiger partial charge in [-0.2, -0.15) is 0 Å². The fourth-order valence-electron chi connectivity index (χ4n) is 1.96. The number of nitrogens with one attached hydrogen (secondary N) is 1. The Kier molecular flexibility index (Phi) is 3.78. The fourth-order valence-corrected chi connectivity index (χ4v) is 2.13. The van der Waals surface area contributed by atoms with Gasteiger partial charge in [0.25, 0.3) is 5.91 Å². The van der Waals surface area contributed by atoms with E-state index in [1.54, 1.807) is 18.2 Å². The second kappa shape index (κ2) is 5.16. The molecule has 1 saturated carbocycles. The lowest BCUT2D eigenvalue weighted by Crippen LogP contribution is -2.47. The fraction of sp³-hybridized carbons (Fsp3) is 0.462. The highest BCUT2D eigenvalue weighted by atomic mass is 35.5. The van der Waals surface area contributed by atoms with E-state index in [-0.39, 0.29) is 12.5 Å². The van der Waals surface area contributed by atoms with Gasteiger partial charge in [0.1, 0.15) is 5.75 Å². The molecule has 5 heteroatoms. The van der Waals surface area contributed by atoms with E-state index in [4.69, 9.17) is 16.3 Å². The molecule has 0 saturated heterocycles. The number of amides is 1. The zero-order chi connectivity index (χ0) is 13.2. The summed E-state index contributed by atoms with van der Waals surface area (Å²) in [6, 6.07) is 4.87. The molecule has 98 valence electrons. The Labute approximate surface area is 111 Å². The molecule has 1 aliphatic rings. The van der Waals surface area contributed by atoms with Crippen molar-refractivity contribution < 1.29 is 14.6 Å². The summed E-state index contributed by atoms with van der Waals surface area (Å²) in [5, 5.41) is 13.1. The van der Waals surface area contributed by atoms with Crippen molar-refractivity contribution >= 4 is 17.5 Å². The van der Waals surface area contributed by atoms with Crippen LogP contribution < -0.4 is 10.1 Å². The first kappa shape index (κ1) is 13.2. The van der Waals surface area contributed by atoms with Crippen LogP contribution in [0.1, 0.15) is 29.6 Å². The normalized spacial score (nSPS) is 16.8. The maximum absolute atomic E-state index is 12.0. The van der Waals surface area contributed by atoms with Gasteiger partial charge >= 0.3 is 0 Å². The molecule has 0 radical (unpaired) electrons. The summed E-state index contributed by atoms with van der Waals surface area (Å²) in [6.45, 7) is 0.265. The van der Waals surface area contributed by atoms with E-state index in [1.165, 1.54) is 7.11 Å². The quantitative estimate of drug-likeness (QED) is 0.879. The summed E-state index contributed by atoms with van der Waals surface area (Å²) in [7, 11) is 1.50. The van der Waals surface area contributed by atoms with Crippen LogP contribution in [0.3, 0.4) is 0 Å². The first-order valence-electron chi connectivity index (χ1n) is 5.88. The Morgan fingerprint density at radius 2 is 2.28 bits per heavy atom. The van der Waals surface area contributed by atoms with Gasteiger partial charge in [0, 0.05) is 11.6 Å². The van der Waals surface area contributed by atoms with Crippen LogP contribution in [-0.2, 0) is 0 Å². The molecule has 1 aromatic rings. The third-order valence-corrected chi connectivity index (χ3v) is 3.50. The number of hydrogen-bond donors (Lipinski definition) is 2. The van der Waals surface area contributed by atoms with E-state index in [2.05, 4.69) is 5.32 Å². The first-order valence-corrected chi connectivity index (χ1v) is 6.26. The molecule has 1 aromatic carbocycles. The summed E-state index contributed by atoms with van der Waals surface area (Å²) >= 11 is 5.86. The molecule has 4 nitrogen and oxygen atoms in total. The van der Waals surface area contributed by atoms with Gasteiger partial charge in [0.15, 0.2) is 0 Å². The molecule has 0 heterocycles. The molecule has 1 fully saturated rings. The molecule has 0 unspecified atom stereocenters. The van der Waals surface area contributed by atoms with Crippen molar-refractivity contribution in [2.75, 3.05) is 13.7 Å². The summed E-state index contributed by atoms with van der Waals surface area (Å²) in [6.07, 6.45) is 2.48. The molecule has 0 atom stereocenters. The Morgan fingerprint density at radius 3 is 2.83 bits per heavy atom. The number of rotatable bonds is 4. The molecular weight excluding hydrogens is 254 g/mol. The number of hydrogen-bond acceptors (Lipinski definition) is 3. The number of carbonyl (C=O) groups is 1. The topological polar surface area (TPSA) is 58.6 Å². The van der Waals surface area contributed by atoms with Gasteiger partial charge in [-0.3, -0.25) is 4.79 Å². The van der Waals surface area contributed by atoms with Gasteiger partial charge in [-0.05, 0) is 37.5 Å². The highest BCUT2D eigenvalue weighted by molar-refractivity contribution is 6.31. The van der Waals surface area contributed by atoms with Crippen LogP contribution in [0.4, 0.5) is 0 Å². The average molecular weight is 270 g/mol. The van der Waals surface area contributed by atoms with Gasteiger partial charge in [-0.1, -0.05) is 11.6 Å². The van der Waals surface area contributed by atoms with Gasteiger partial charge in [-0.15, -0.1) is 0 Å². The van der Waals surface area contributed by atoms with Crippen molar-refractivity contribution in [2.45, 2.75) is 24.9 Å². The largest absolute Gasteiger partial charge is 0.496 e. The van der Waals surface area contributed by atoms with Crippen molar-refractivity contribution in [1.82, 2.24) is 5.32 Å². The third kappa shape index (κ3) is 2.76. The van der Waals surface area contributed by atoms with E-state index in [1.807, 2.05) is 0 Å². The zero-order valence-electron chi connectivity index (χ0n) is 10.2. The van der Waals surface area contributed by atoms with Crippen LogP contribution in [0.25, 0.3) is 0 Å². The first-order chi connectivity index (χ1) is 8.54. The maximum atomic E-state index is 12.0. The van der Waals surface area contributed by atoms with Gasteiger partial charge < -0.3 is 15.2 Å². The number of benzene rings is 1. The number of aliphatic hydroxyl groups is 1. The lowest BCUT2D eigenvalue weighted by atomic mass is 9.80. The van der Waals surface area contributed by atoms with Crippen molar-refractivity contribution in [3.8, 4) is 5.75 Å². The highest BCUT2D eigenvalue weighted by Gasteiger charge is 2.34. The van der Waals surface area contributed by atoms with E-state index < -0.39 is 5.60 Å². The summed E-state index contributed by atoms with van der Waals surface area (Å²) in [4.78, 5) is 12.0. The maximum Gasteiger partial charge on any atom is 0.255 e. The molecular formula is C13H16ClNO3. The summed E-state index contributed by atoms with van der Waals surface area (Å²) in [5.41, 5.74) is -0.352. The summed E-state index contributed by atoms with van der Waals surface area (Å²) in [5.74, 6) is 0.187. The average Bonchev–Trinajstić information content (AvgIpc) is 2.33. The minimum Gasteiger partial charge on any atom is -0.496 e. The molecule has 0 spiro atoms. The molecule has 1 aliphatic carbocycles. The van der Waals surface area contributed by atoms with Crippen LogP contribution in [0, 0.1) is 0 Å². The van der Waals surface area contributed by atoms with E-state index in [0.29, 0.717) is 16.3 Å². The molecule has 2 N–H and O–H groups in total. The SMILES string of the molecule is COc1ccc(Cl)cc1C(=O)NCC1(O)CCC1. The Balaban J connectivity index is 2.05. The van der Waals surface area contributed by atoms with E-state index in [9.17, 15) is 9.90 Å². The lowest BCUT2D eigenvalue weighted by Gasteiger charge is -2.36. The highest BCUT2D eigenvalue weighted by Crippen LogP contribution is 2.31. The van der Waals surface area contributed by atoms with E-state index >= 15 is 0 Å². The predicted molar refractivity (Wildman–Crippen MR) is 69.1 cm³/mol. The minimum atomic E-state index is -0.735. The van der Waals surface area contributed by atoms with Crippen LogP contribution in [0.15, 0.2) is 18.2 Å². The molecule has 0 bridgehead atoms. The van der Waals surface area contributed by atoms with Gasteiger partial charge in [-0.25, -0.2) is 0 Å². The van der Waals surface area contributed by atoms with Crippen molar-refractivity contribution in [2.24, 2.45) is 0 Å². The van der Waals surface area contributed by atoms with Gasteiger partial charge in [0.2, 0.25) is 0 Å². The number of carbonyl (C=O) groups excluding carboxylic acids is 1. The molecule has 2 rings (SSSR count). The van der Waals surface area contributed by atoms with Crippen LogP contribution in [-0.4, -0.2) is 30.3 Å². The third-order valence-electron chi connectivity index (χ3n) is 3.27. The number of methoxy groups -OCH3 is 1. The zero-order valence-corrected chi connectivity index (χ0v) is 11.0. The standard InChI is InChI=1S/C13H16ClNO3/c1-18-11-4-3-9(14)7-10(11)12(16)15-8-13(17)5-2-6-13/h3-4,7,17H,2,5-6,8H2,1H3,(H,15,16). The van der Waals surface area contributed by atoms with Crippen LogP contribution >= 0.6 is 11.6 Å². The number of halogens is 1. The number of ether oxygens (including phenoxy) is 1. The van der Waals surface area contributed by atoms with Crippen molar-refractivity contribution in [1.29, 1.82) is 0 Å². The van der Waals surface area contributed by atoms with Gasteiger partial charge in [0.05, 0.1) is 18.3 Å². The smallest absolute Gasteiger partial charge is 0.255 e. The molecule has 1 amide bonds. The van der Waals surface area contributed by atoms with Crippen molar-refractivity contribution in [3.63, 3.8) is 0 Å². The molecule has 18 heavy (non-hydrogen) atoms. The van der Waals surface area contributed by atoms with Crippen LogP contribution in [0.2, 0.25) is 5.02 Å². The van der Waals surface area contributed by atoms with E-state index in [0.717, 1.165) is 19.3 Å². The minimum absolute atomic E-state index is 0.265. The van der Waals surface area contributed by atoms with Crippen molar-refractivity contribution in [3.05, 3.63) is 28.8 Å². The Bertz CT molecular complexity index is 458.